The number of aromatic nitrogens is 2. The molecule has 0 spiro atoms. The third-order valence-corrected chi connectivity index (χ3v) is 2.71. The van der Waals surface area contributed by atoms with Gasteiger partial charge in [-0.05, 0) is 24.3 Å². The summed E-state index contributed by atoms with van der Waals surface area (Å²) in [6.45, 7) is -0.560. The molecule has 3 aromatic rings. The fraction of sp³-hybridized carbons (Fsp3) is 0.0769. The van der Waals surface area contributed by atoms with Gasteiger partial charge in [0.15, 0.2) is 5.82 Å². The number of hydrogen-bond donors (Lipinski definition) is 2. The molecule has 0 radical (unpaired) electrons. The largest absolute Gasteiger partial charge is 0.464 e. The Labute approximate surface area is 102 Å². The molecule has 0 bridgehead atoms. The van der Waals surface area contributed by atoms with Crippen molar-refractivity contribution in [2.75, 3.05) is 6.61 Å². The van der Waals surface area contributed by atoms with E-state index in [1.807, 2.05) is 24.3 Å². The van der Waals surface area contributed by atoms with Crippen molar-refractivity contribution in [3.05, 3.63) is 42.4 Å². The molecule has 5 heteroatoms. The van der Waals surface area contributed by atoms with E-state index in [0.29, 0.717) is 11.3 Å². The lowest BCUT2D eigenvalue weighted by atomic mass is 10.1. The molecule has 0 saturated heterocycles. The standard InChI is InChI=1S/C13H10N2O3/c16-7-10(17)13-14-9-4-1-3-8(12(9)15-13)11-5-2-6-18-11/h1-6,16H,7H2,(H,14,15). The van der Waals surface area contributed by atoms with Crippen LogP contribution in [0.1, 0.15) is 10.6 Å². The number of hydrogen-bond acceptors (Lipinski definition) is 4. The van der Waals surface area contributed by atoms with Gasteiger partial charge in [-0.15, -0.1) is 0 Å². The molecule has 2 N–H and O–H groups in total. The van der Waals surface area contributed by atoms with Crippen molar-refractivity contribution >= 4 is 16.8 Å². The highest BCUT2D eigenvalue weighted by Crippen LogP contribution is 2.27. The smallest absolute Gasteiger partial charge is 0.223 e. The zero-order valence-electron chi connectivity index (χ0n) is 9.38. The number of Topliss-reactive ketones (excluding diaryl/α,β-unsaturated/α-hetero) is 1. The minimum atomic E-state index is -0.560. The number of nitrogens with one attached hydrogen (secondary N) is 1. The van der Waals surface area contributed by atoms with Crippen LogP contribution < -0.4 is 0 Å². The summed E-state index contributed by atoms with van der Waals surface area (Å²) in [7, 11) is 0. The van der Waals surface area contributed by atoms with E-state index in [4.69, 9.17) is 9.52 Å². The first-order valence-electron chi connectivity index (χ1n) is 5.46. The number of imidazole rings is 1. The van der Waals surface area contributed by atoms with E-state index in [-0.39, 0.29) is 5.82 Å². The summed E-state index contributed by atoms with van der Waals surface area (Å²) >= 11 is 0. The minimum Gasteiger partial charge on any atom is -0.464 e. The summed E-state index contributed by atoms with van der Waals surface area (Å²) in [5, 5.41) is 8.84. The van der Waals surface area contributed by atoms with Crippen molar-refractivity contribution in [3.8, 4) is 11.3 Å². The molecule has 0 atom stereocenters. The summed E-state index contributed by atoms with van der Waals surface area (Å²) in [6, 6.07) is 9.17. The lowest BCUT2D eigenvalue weighted by Gasteiger charge is -1.96. The molecule has 18 heavy (non-hydrogen) atoms. The van der Waals surface area contributed by atoms with Crippen LogP contribution in [0.15, 0.2) is 41.0 Å². The first-order chi connectivity index (χ1) is 8.79. The van der Waals surface area contributed by atoms with E-state index in [2.05, 4.69) is 9.97 Å². The Bertz CT molecular complexity index is 698. The second kappa shape index (κ2) is 4.12. The predicted octanol–water partition coefficient (Wildman–Crippen LogP) is 2.00. The lowest BCUT2D eigenvalue weighted by Crippen LogP contribution is -2.06. The van der Waals surface area contributed by atoms with Gasteiger partial charge in [0.1, 0.15) is 17.9 Å². The van der Waals surface area contributed by atoms with Crippen LogP contribution in [0.4, 0.5) is 0 Å². The Morgan fingerprint density at radius 3 is 2.94 bits per heavy atom. The van der Waals surface area contributed by atoms with Crippen molar-refractivity contribution in [2.45, 2.75) is 0 Å². The quantitative estimate of drug-likeness (QED) is 0.688. The first kappa shape index (κ1) is 10.7. The molecule has 0 fully saturated rings. The molecule has 2 aromatic heterocycles. The molecule has 0 aliphatic carbocycles. The van der Waals surface area contributed by atoms with Crippen molar-refractivity contribution in [1.82, 2.24) is 9.97 Å². The van der Waals surface area contributed by atoms with E-state index in [1.54, 1.807) is 12.3 Å². The Morgan fingerprint density at radius 2 is 2.22 bits per heavy atom. The minimum absolute atomic E-state index is 0.159. The molecular weight excluding hydrogens is 232 g/mol. The van der Waals surface area contributed by atoms with Gasteiger partial charge >= 0.3 is 0 Å². The SMILES string of the molecule is O=C(CO)c1nc2c(-c3ccco3)cccc2[nH]1. The number of ketones is 1. The molecule has 1 aromatic carbocycles. The number of rotatable bonds is 3. The average Bonchev–Trinajstić information content (AvgIpc) is 3.05. The second-order valence-corrected chi connectivity index (χ2v) is 3.85. The number of nitrogens with zero attached hydrogens (tertiary/aromatic N) is 1. The van der Waals surface area contributed by atoms with Crippen molar-refractivity contribution in [2.24, 2.45) is 0 Å². The van der Waals surface area contributed by atoms with Crippen molar-refractivity contribution < 1.29 is 14.3 Å². The number of H-pyrrole nitrogens is 1. The summed E-state index contributed by atoms with van der Waals surface area (Å²) in [4.78, 5) is 18.5. The van der Waals surface area contributed by atoms with E-state index >= 15 is 0 Å². The van der Waals surface area contributed by atoms with Crippen molar-refractivity contribution in [1.29, 1.82) is 0 Å². The molecule has 0 amide bonds. The molecule has 0 aliphatic rings. The molecule has 0 unspecified atom stereocenters. The van der Waals surface area contributed by atoms with Gasteiger partial charge in [-0.25, -0.2) is 4.98 Å². The third kappa shape index (κ3) is 1.61. The van der Waals surface area contributed by atoms with E-state index in [1.165, 1.54) is 0 Å². The van der Waals surface area contributed by atoms with Crippen LogP contribution in [0.25, 0.3) is 22.4 Å². The zero-order chi connectivity index (χ0) is 12.5. The summed E-state index contributed by atoms with van der Waals surface area (Å²) < 4.78 is 5.34. The van der Waals surface area contributed by atoms with Gasteiger partial charge < -0.3 is 14.5 Å². The van der Waals surface area contributed by atoms with Gasteiger partial charge in [-0.2, -0.15) is 0 Å². The van der Waals surface area contributed by atoms with Gasteiger partial charge in [0, 0.05) is 5.56 Å². The number of carbonyl (C=O) groups excluding carboxylic acids is 1. The first-order valence-corrected chi connectivity index (χ1v) is 5.46. The summed E-state index contributed by atoms with van der Waals surface area (Å²) in [5.41, 5.74) is 2.20. The normalized spacial score (nSPS) is 10.9. The molecule has 90 valence electrons. The van der Waals surface area contributed by atoms with Crippen LogP contribution in [-0.2, 0) is 0 Å². The lowest BCUT2D eigenvalue weighted by molar-refractivity contribution is 0.0894. The number of carbonyl (C=O) groups is 1. The summed E-state index contributed by atoms with van der Waals surface area (Å²) in [5.74, 6) is 0.415. The van der Waals surface area contributed by atoms with Gasteiger partial charge in [0.05, 0.1) is 11.8 Å². The van der Waals surface area contributed by atoms with E-state index in [9.17, 15) is 4.79 Å². The molecule has 5 nitrogen and oxygen atoms in total. The maximum Gasteiger partial charge on any atom is 0.223 e. The number of aliphatic hydroxyl groups is 1. The average molecular weight is 242 g/mol. The Kier molecular flexibility index (Phi) is 2.46. The maximum absolute atomic E-state index is 11.4. The monoisotopic (exact) mass is 242 g/mol. The molecule has 0 saturated carbocycles. The topological polar surface area (TPSA) is 79.1 Å². The highest BCUT2D eigenvalue weighted by Gasteiger charge is 2.14. The summed E-state index contributed by atoms with van der Waals surface area (Å²) in [6.07, 6.45) is 1.58. The van der Waals surface area contributed by atoms with Gasteiger partial charge in [-0.1, -0.05) is 6.07 Å². The highest BCUT2D eigenvalue weighted by molar-refractivity contribution is 5.99. The van der Waals surface area contributed by atoms with E-state index < -0.39 is 12.4 Å². The van der Waals surface area contributed by atoms with Crippen LogP contribution in [0.3, 0.4) is 0 Å². The van der Waals surface area contributed by atoms with Gasteiger partial charge in [0.2, 0.25) is 5.78 Å². The van der Waals surface area contributed by atoms with Gasteiger partial charge in [-0.3, -0.25) is 4.79 Å². The number of fused-ring (bicyclic) bond motifs is 1. The van der Waals surface area contributed by atoms with Gasteiger partial charge in [0.25, 0.3) is 0 Å². The third-order valence-electron chi connectivity index (χ3n) is 2.71. The molecule has 0 aliphatic heterocycles. The highest BCUT2D eigenvalue weighted by atomic mass is 16.3. The number of benzene rings is 1. The molecular formula is C13H10N2O3. The second-order valence-electron chi connectivity index (χ2n) is 3.85. The van der Waals surface area contributed by atoms with Crippen LogP contribution in [0.5, 0.6) is 0 Å². The number of aromatic amines is 1. The Balaban J connectivity index is 2.22. The maximum atomic E-state index is 11.4. The Hall–Kier alpha value is -2.40. The van der Waals surface area contributed by atoms with E-state index in [0.717, 1.165) is 11.1 Å². The molecule has 3 rings (SSSR count). The number of furan rings is 1. The number of para-hydroxylation sites is 1. The van der Waals surface area contributed by atoms with Crippen LogP contribution >= 0.6 is 0 Å². The zero-order valence-corrected chi connectivity index (χ0v) is 9.38. The molecule has 2 heterocycles. The fourth-order valence-electron chi connectivity index (χ4n) is 1.87. The number of aliphatic hydroxyl groups excluding tert-OH is 1. The Morgan fingerprint density at radius 1 is 1.33 bits per heavy atom. The van der Waals surface area contributed by atoms with Crippen LogP contribution in [-0.4, -0.2) is 27.5 Å². The van der Waals surface area contributed by atoms with Crippen molar-refractivity contribution in [3.63, 3.8) is 0 Å². The fourth-order valence-corrected chi connectivity index (χ4v) is 1.87. The van der Waals surface area contributed by atoms with Crippen LogP contribution in [0, 0.1) is 0 Å². The predicted molar refractivity (Wildman–Crippen MR) is 65.2 cm³/mol. The van der Waals surface area contributed by atoms with Crippen LogP contribution in [0.2, 0.25) is 0 Å².